The van der Waals surface area contributed by atoms with Crippen molar-refractivity contribution in [3.05, 3.63) is 51.3 Å². The Morgan fingerprint density at radius 1 is 1.18 bits per heavy atom. The topological polar surface area (TPSA) is 38.0 Å². The molecule has 0 saturated carbocycles. The lowest BCUT2D eigenvalue weighted by molar-refractivity contribution is 0.627. The Labute approximate surface area is 113 Å². The van der Waals surface area contributed by atoms with Crippen molar-refractivity contribution >= 4 is 39.7 Å². The highest BCUT2D eigenvalue weighted by Crippen LogP contribution is 2.25. The first kappa shape index (κ1) is 12.2. The van der Waals surface area contributed by atoms with E-state index >= 15 is 0 Å². The lowest BCUT2D eigenvalue weighted by Gasteiger charge is -2.10. The molecule has 0 spiro atoms. The van der Waals surface area contributed by atoms with Crippen molar-refractivity contribution in [2.24, 2.45) is 0 Å². The number of rotatable bonds is 2. The van der Waals surface area contributed by atoms with Gasteiger partial charge in [-0.15, -0.1) is 0 Å². The maximum Gasteiger partial charge on any atom is 0.124 e. The smallest absolute Gasteiger partial charge is 0.124 e. The lowest BCUT2D eigenvalue weighted by atomic mass is 10.2. The molecule has 0 aliphatic carbocycles. The lowest BCUT2D eigenvalue weighted by Crippen LogP contribution is -1.96. The van der Waals surface area contributed by atoms with Gasteiger partial charge in [-0.25, -0.2) is 4.39 Å². The normalized spacial score (nSPS) is 10.3. The molecule has 0 fully saturated rings. The molecule has 0 heterocycles. The Hall–Kier alpha value is -1.30. The summed E-state index contributed by atoms with van der Waals surface area (Å²) in [5, 5.41) is 3.21. The van der Waals surface area contributed by atoms with Crippen LogP contribution < -0.4 is 11.1 Å². The number of aryl methyl sites for hydroxylation is 1. The maximum absolute atomic E-state index is 13.0. The zero-order valence-electron chi connectivity index (χ0n) is 9.30. The summed E-state index contributed by atoms with van der Waals surface area (Å²) >= 11 is 2.09. The highest BCUT2D eigenvalue weighted by molar-refractivity contribution is 14.1. The molecule has 2 aromatic carbocycles. The highest BCUT2D eigenvalue weighted by atomic mass is 127. The van der Waals surface area contributed by atoms with E-state index in [1.54, 1.807) is 6.07 Å². The van der Waals surface area contributed by atoms with E-state index in [9.17, 15) is 4.39 Å². The number of nitrogens with one attached hydrogen (secondary N) is 1. The van der Waals surface area contributed by atoms with E-state index in [4.69, 9.17) is 5.73 Å². The Kier molecular flexibility index (Phi) is 3.51. The summed E-state index contributed by atoms with van der Waals surface area (Å²) in [6.07, 6.45) is 0. The van der Waals surface area contributed by atoms with Crippen molar-refractivity contribution < 1.29 is 4.39 Å². The van der Waals surface area contributed by atoms with E-state index in [1.807, 2.05) is 25.1 Å². The Balaban J connectivity index is 2.28. The van der Waals surface area contributed by atoms with Crippen LogP contribution in [0.3, 0.4) is 0 Å². The van der Waals surface area contributed by atoms with Crippen LogP contribution >= 0.6 is 22.6 Å². The van der Waals surface area contributed by atoms with E-state index in [1.165, 1.54) is 12.1 Å². The Morgan fingerprint density at radius 2 is 1.94 bits per heavy atom. The predicted molar refractivity (Wildman–Crippen MR) is 78.0 cm³/mol. The molecule has 0 amide bonds. The van der Waals surface area contributed by atoms with Gasteiger partial charge in [0.05, 0.1) is 5.69 Å². The Morgan fingerprint density at radius 3 is 2.59 bits per heavy atom. The van der Waals surface area contributed by atoms with Crippen molar-refractivity contribution in [3.8, 4) is 0 Å². The van der Waals surface area contributed by atoms with Gasteiger partial charge in [-0.2, -0.15) is 0 Å². The third-order valence-corrected chi connectivity index (χ3v) is 3.38. The first-order valence-corrected chi connectivity index (χ1v) is 6.22. The molecule has 88 valence electrons. The maximum atomic E-state index is 13.0. The van der Waals surface area contributed by atoms with E-state index < -0.39 is 0 Å². The molecule has 0 atom stereocenters. The summed E-state index contributed by atoms with van der Waals surface area (Å²) < 4.78 is 13.8. The van der Waals surface area contributed by atoms with Crippen molar-refractivity contribution in [2.75, 3.05) is 11.1 Å². The van der Waals surface area contributed by atoms with Crippen LogP contribution in [0.25, 0.3) is 0 Å². The van der Waals surface area contributed by atoms with Crippen LogP contribution in [0, 0.1) is 16.3 Å². The number of halogens is 2. The molecular formula is C13H12FIN2. The van der Waals surface area contributed by atoms with Crippen LogP contribution in [-0.4, -0.2) is 0 Å². The third-order valence-electron chi connectivity index (χ3n) is 2.49. The van der Waals surface area contributed by atoms with Gasteiger partial charge >= 0.3 is 0 Å². The van der Waals surface area contributed by atoms with Gasteiger partial charge < -0.3 is 11.1 Å². The molecule has 0 aromatic heterocycles. The molecular weight excluding hydrogens is 330 g/mol. The molecule has 0 unspecified atom stereocenters. The van der Waals surface area contributed by atoms with E-state index in [-0.39, 0.29) is 5.82 Å². The summed E-state index contributed by atoms with van der Waals surface area (Å²) in [5.74, 6) is -0.233. The van der Waals surface area contributed by atoms with E-state index in [2.05, 4.69) is 27.9 Å². The fourth-order valence-electron chi connectivity index (χ4n) is 1.46. The van der Waals surface area contributed by atoms with E-state index in [0.29, 0.717) is 0 Å². The molecule has 17 heavy (non-hydrogen) atoms. The molecule has 0 radical (unpaired) electrons. The number of hydrogen-bond donors (Lipinski definition) is 2. The zero-order chi connectivity index (χ0) is 12.4. The molecule has 0 bridgehead atoms. The third kappa shape index (κ3) is 2.88. The van der Waals surface area contributed by atoms with Gasteiger partial charge in [0.1, 0.15) is 5.82 Å². The quantitative estimate of drug-likeness (QED) is 0.638. The summed E-state index contributed by atoms with van der Waals surface area (Å²) in [4.78, 5) is 0. The zero-order valence-corrected chi connectivity index (χ0v) is 11.5. The first-order valence-electron chi connectivity index (χ1n) is 5.14. The van der Waals surface area contributed by atoms with E-state index in [0.717, 1.165) is 26.2 Å². The van der Waals surface area contributed by atoms with Gasteiger partial charge in [-0.3, -0.25) is 0 Å². The second-order valence-electron chi connectivity index (χ2n) is 3.82. The fraction of sp³-hybridized carbons (Fsp3) is 0.0769. The average molecular weight is 342 g/mol. The number of hydrogen-bond acceptors (Lipinski definition) is 2. The van der Waals surface area contributed by atoms with Gasteiger partial charge in [0.2, 0.25) is 0 Å². The minimum atomic E-state index is -0.233. The number of benzene rings is 2. The molecule has 0 aliphatic rings. The summed E-state index contributed by atoms with van der Waals surface area (Å²) in [5.41, 5.74) is 9.39. The average Bonchev–Trinajstić information content (AvgIpc) is 2.27. The predicted octanol–water partition coefficient (Wildman–Crippen LogP) is 4.06. The summed E-state index contributed by atoms with van der Waals surface area (Å²) in [6.45, 7) is 1.96. The molecule has 0 saturated heterocycles. The van der Waals surface area contributed by atoms with Gasteiger partial charge in [0.15, 0.2) is 0 Å². The monoisotopic (exact) mass is 342 g/mol. The largest absolute Gasteiger partial charge is 0.398 e. The van der Waals surface area contributed by atoms with Crippen molar-refractivity contribution in [1.82, 2.24) is 0 Å². The van der Waals surface area contributed by atoms with Crippen LogP contribution in [0.5, 0.6) is 0 Å². The molecule has 2 aromatic rings. The van der Waals surface area contributed by atoms with Gasteiger partial charge in [-0.05, 0) is 65.4 Å². The van der Waals surface area contributed by atoms with Crippen molar-refractivity contribution in [1.29, 1.82) is 0 Å². The molecule has 3 N–H and O–H groups in total. The Bertz CT molecular complexity index is 555. The SMILES string of the molecule is Cc1ccc(Nc2ccc(F)cc2I)cc1N. The second kappa shape index (κ2) is 4.91. The fourth-order valence-corrected chi connectivity index (χ4v) is 2.08. The molecule has 4 heteroatoms. The highest BCUT2D eigenvalue weighted by Gasteiger charge is 2.02. The summed E-state index contributed by atoms with van der Waals surface area (Å²) in [6, 6.07) is 10.4. The number of anilines is 3. The van der Waals surface area contributed by atoms with Gasteiger partial charge in [-0.1, -0.05) is 6.07 Å². The van der Waals surface area contributed by atoms with Gasteiger partial charge in [0.25, 0.3) is 0 Å². The minimum Gasteiger partial charge on any atom is -0.398 e. The summed E-state index contributed by atoms with van der Waals surface area (Å²) in [7, 11) is 0. The van der Waals surface area contributed by atoms with Crippen LogP contribution in [0.15, 0.2) is 36.4 Å². The standard InChI is InChI=1S/C13H12FIN2/c1-8-2-4-10(7-12(8)16)17-13-5-3-9(14)6-11(13)15/h2-7,17H,16H2,1H3. The van der Waals surface area contributed by atoms with Crippen LogP contribution in [0.4, 0.5) is 21.5 Å². The second-order valence-corrected chi connectivity index (χ2v) is 4.98. The van der Waals surface area contributed by atoms with Crippen LogP contribution in [0.1, 0.15) is 5.56 Å². The molecule has 0 aliphatic heterocycles. The van der Waals surface area contributed by atoms with Gasteiger partial charge in [0, 0.05) is 14.9 Å². The van der Waals surface area contributed by atoms with Crippen molar-refractivity contribution in [3.63, 3.8) is 0 Å². The first-order chi connectivity index (χ1) is 8.06. The van der Waals surface area contributed by atoms with Crippen LogP contribution in [-0.2, 0) is 0 Å². The molecule has 2 rings (SSSR count). The molecule has 2 nitrogen and oxygen atoms in total. The number of nitrogen functional groups attached to an aromatic ring is 1. The van der Waals surface area contributed by atoms with Crippen molar-refractivity contribution in [2.45, 2.75) is 6.92 Å². The van der Waals surface area contributed by atoms with Crippen LogP contribution in [0.2, 0.25) is 0 Å². The number of nitrogens with two attached hydrogens (primary N) is 1. The minimum absolute atomic E-state index is 0.233.